The maximum atomic E-state index is 12.2. The standard InChI is InChI=1S/C14H19BrN2O2/c1-17(14(18)7-10-5-6-16-9-10)11-3-4-13(19-2)12(15)8-11/h3-4,8,10,16H,5-7,9H2,1-2H3. The Labute approximate surface area is 122 Å². The predicted octanol–water partition coefficient (Wildman–Crippen LogP) is 2.42. The summed E-state index contributed by atoms with van der Waals surface area (Å²) in [5.41, 5.74) is 0.878. The first-order valence-corrected chi connectivity index (χ1v) is 7.22. The largest absolute Gasteiger partial charge is 0.496 e. The molecular weight excluding hydrogens is 308 g/mol. The first-order valence-electron chi connectivity index (χ1n) is 6.42. The van der Waals surface area contributed by atoms with E-state index in [2.05, 4.69) is 21.2 Å². The lowest BCUT2D eigenvalue weighted by Gasteiger charge is -2.20. The molecule has 19 heavy (non-hydrogen) atoms. The van der Waals surface area contributed by atoms with E-state index in [9.17, 15) is 4.79 Å². The van der Waals surface area contributed by atoms with Gasteiger partial charge in [0.1, 0.15) is 5.75 Å². The van der Waals surface area contributed by atoms with E-state index in [1.807, 2.05) is 25.2 Å². The van der Waals surface area contributed by atoms with Gasteiger partial charge < -0.3 is 15.0 Å². The molecule has 0 aliphatic carbocycles. The molecule has 0 bridgehead atoms. The highest BCUT2D eigenvalue weighted by atomic mass is 79.9. The number of amides is 1. The summed E-state index contributed by atoms with van der Waals surface area (Å²) in [6.45, 7) is 1.97. The molecule has 0 saturated carbocycles. The molecule has 1 unspecified atom stereocenters. The number of nitrogens with zero attached hydrogens (tertiary/aromatic N) is 1. The summed E-state index contributed by atoms with van der Waals surface area (Å²) in [7, 11) is 3.45. The van der Waals surface area contributed by atoms with Crippen LogP contribution < -0.4 is 15.0 Å². The zero-order chi connectivity index (χ0) is 13.8. The molecule has 1 aliphatic rings. The van der Waals surface area contributed by atoms with Crippen molar-refractivity contribution >= 4 is 27.5 Å². The van der Waals surface area contributed by atoms with E-state index in [0.717, 1.165) is 35.4 Å². The van der Waals surface area contributed by atoms with Gasteiger partial charge in [-0.3, -0.25) is 4.79 Å². The van der Waals surface area contributed by atoms with Crippen molar-refractivity contribution in [1.82, 2.24) is 5.32 Å². The van der Waals surface area contributed by atoms with Crippen molar-refractivity contribution in [3.8, 4) is 5.75 Å². The van der Waals surface area contributed by atoms with E-state index in [4.69, 9.17) is 4.74 Å². The number of halogens is 1. The van der Waals surface area contributed by atoms with Crippen LogP contribution >= 0.6 is 15.9 Å². The van der Waals surface area contributed by atoms with Crippen molar-refractivity contribution in [2.45, 2.75) is 12.8 Å². The Morgan fingerprint density at radius 1 is 1.58 bits per heavy atom. The molecule has 1 saturated heterocycles. The Bertz CT molecular complexity index is 459. The van der Waals surface area contributed by atoms with Crippen LogP contribution in [0.1, 0.15) is 12.8 Å². The number of carbonyl (C=O) groups excluding carboxylic acids is 1. The van der Waals surface area contributed by atoms with Crippen molar-refractivity contribution in [2.75, 3.05) is 32.1 Å². The van der Waals surface area contributed by atoms with Crippen molar-refractivity contribution < 1.29 is 9.53 Å². The number of anilines is 1. The number of benzene rings is 1. The molecule has 0 aromatic heterocycles. The highest BCUT2D eigenvalue weighted by molar-refractivity contribution is 9.10. The fourth-order valence-electron chi connectivity index (χ4n) is 2.28. The van der Waals surface area contributed by atoms with Gasteiger partial charge in [-0.25, -0.2) is 0 Å². The summed E-state index contributed by atoms with van der Waals surface area (Å²) < 4.78 is 6.05. The minimum absolute atomic E-state index is 0.158. The van der Waals surface area contributed by atoms with Gasteiger partial charge in [-0.15, -0.1) is 0 Å². The molecule has 2 rings (SSSR count). The Morgan fingerprint density at radius 3 is 2.95 bits per heavy atom. The van der Waals surface area contributed by atoms with Crippen LogP contribution in [0.2, 0.25) is 0 Å². The Kier molecular flexibility index (Phi) is 4.82. The molecule has 1 aliphatic heterocycles. The molecule has 104 valence electrons. The maximum Gasteiger partial charge on any atom is 0.227 e. The number of methoxy groups -OCH3 is 1. The molecule has 1 amide bonds. The van der Waals surface area contributed by atoms with Gasteiger partial charge in [-0.2, -0.15) is 0 Å². The fraction of sp³-hybridized carbons (Fsp3) is 0.500. The van der Waals surface area contributed by atoms with Gasteiger partial charge in [0, 0.05) is 19.2 Å². The average molecular weight is 327 g/mol. The lowest BCUT2D eigenvalue weighted by atomic mass is 10.0. The Morgan fingerprint density at radius 2 is 2.37 bits per heavy atom. The molecular formula is C14H19BrN2O2. The van der Waals surface area contributed by atoms with E-state index in [-0.39, 0.29) is 5.91 Å². The van der Waals surface area contributed by atoms with E-state index >= 15 is 0 Å². The van der Waals surface area contributed by atoms with Crippen LogP contribution in [0.4, 0.5) is 5.69 Å². The number of carbonyl (C=O) groups is 1. The first-order chi connectivity index (χ1) is 9.11. The highest BCUT2D eigenvalue weighted by Crippen LogP contribution is 2.29. The fourth-order valence-corrected chi connectivity index (χ4v) is 2.81. The van der Waals surface area contributed by atoms with Crippen LogP contribution in [0.15, 0.2) is 22.7 Å². The molecule has 1 atom stereocenters. The van der Waals surface area contributed by atoms with E-state index < -0.39 is 0 Å². The zero-order valence-corrected chi connectivity index (χ0v) is 12.9. The molecule has 4 nitrogen and oxygen atoms in total. The first kappa shape index (κ1) is 14.3. The summed E-state index contributed by atoms with van der Waals surface area (Å²) in [5.74, 6) is 1.40. The third kappa shape index (κ3) is 3.48. The van der Waals surface area contributed by atoms with Crippen molar-refractivity contribution in [2.24, 2.45) is 5.92 Å². The van der Waals surface area contributed by atoms with Gasteiger partial charge in [0.05, 0.1) is 11.6 Å². The van der Waals surface area contributed by atoms with Crippen LogP contribution in [0.3, 0.4) is 0 Å². The van der Waals surface area contributed by atoms with E-state index in [0.29, 0.717) is 12.3 Å². The quantitative estimate of drug-likeness (QED) is 0.923. The van der Waals surface area contributed by atoms with Gasteiger partial charge in [0.2, 0.25) is 5.91 Å². The number of hydrogen-bond acceptors (Lipinski definition) is 3. The Hall–Kier alpha value is -1.07. The third-order valence-corrected chi connectivity index (χ3v) is 4.14. The second-order valence-electron chi connectivity index (χ2n) is 4.83. The monoisotopic (exact) mass is 326 g/mol. The summed E-state index contributed by atoms with van der Waals surface area (Å²) in [6, 6.07) is 5.67. The Balaban J connectivity index is 2.03. The lowest BCUT2D eigenvalue weighted by molar-refractivity contribution is -0.119. The molecule has 0 spiro atoms. The van der Waals surface area contributed by atoms with E-state index in [1.165, 1.54) is 0 Å². The maximum absolute atomic E-state index is 12.2. The van der Waals surface area contributed by atoms with Crippen molar-refractivity contribution in [3.05, 3.63) is 22.7 Å². The topological polar surface area (TPSA) is 41.6 Å². The molecule has 5 heteroatoms. The molecule has 0 radical (unpaired) electrons. The number of rotatable bonds is 4. The average Bonchev–Trinajstić information content (AvgIpc) is 2.90. The lowest BCUT2D eigenvalue weighted by Crippen LogP contribution is -2.28. The van der Waals surface area contributed by atoms with Crippen LogP contribution in [0, 0.1) is 5.92 Å². The molecule has 1 aromatic rings. The van der Waals surface area contributed by atoms with Crippen molar-refractivity contribution in [3.63, 3.8) is 0 Å². The number of ether oxygens (including phenoxy) is 1. The summed E-state index contributed by atoms with van der Waals surface area (Å²) >= 11 is 3.44. The summed E-state index contributed by atoms with van der Waals surface area (Å²) in [6.07, 6.45) is 1.69. The van der Waals surface area contributed by atoms with Crippen LogP contribution in [0.25, 0.3) is 0 Å². The minimum atomic E-state index is 0.158. The van der Waals surface area contributed by atoms with Crippen LogP contribution in [-0.2, 0) is 4.79 Å². The van der Waals surface area contributed by atoms with Crippen molar-refractivity contribution in [1.29, 1.82) is 0 Å². The van der Waals surface area contributed by atoms with Gasteiger partial charge >= 0.3 is 0 Å². The summed E-state index contributed by atoms with van der Waals surface area (Å²) in [4.78, 5) is 13.9. The highest BCUT2D eigenvalue weighted by Gasteiger charge is 2.21. The second kappa shape index (κ2) is 6.39. The molecule has 1 fully saturated rings. The molecule has 1 aromatic carbocycles. The predicted molar refractivity (Wildman–Crippen MR) is 79.7 cm³/mol. The summed E-state index contributed by atoms with van der Waals surface area (Å²) in [5, 5.41) is 3.29. The number of nitrogens with one attached hydrogen (secondary N) is 1. The zero-order valence-electron chi connectivity index (χ0n) is 11.3. The van der Waals surface area contributed by atoms with Gasteiger partial charge in [-0.05, 0) is 59.6 Å². The molecule has 1 heterocycles. The van der Waals surface area contributed by atoms with Gasteiger partial charge in [0.25, 0.3) is 0 Å². The van der Waals surface area contributed by atoms with Gasteiger partial charge in [-0.1, -0.05) is 0 Å². The third-order valence-electron chi connectivity index (χ3n) is 3.52. The number of hydrogen-bond donors (Lipinski definition) is 1. The minimum Gasteiger partial charge on any atom is -0.496 e. The van der Waals surface area contributed by atoms with Gasteiger partial charge in [0.15, 0.2) is 0 Å². The second-order valence-corrected chi connectivity index (χ2v) is 5.69. The SMILES string of the molecule is COc1ccc(N(C)C(=O)CC2CCNC2)cc1Br. The van der Waals surface area contributed by atoms with Crippen LogP contribution in [0.5, 0.6) is 5.75 Å². The molecule has 1 N–H and O–H groups in total. The van der Waals surface area contributed by atoms with Crippen LogP contribution in [-0.4, -0.2) is 33.2 Å². The van der Waals surface area contributed by atoms with E-state index in [1.54, 1.807) is 12.0 Å². The smallest absolute Gasteiger partial charge is 0.227 e. The normalized spacial score (nSPS) is 18.4.